The van der Waals surface area contributed by atoms with Gasteiger partial charge in [0.25, 0.3) is 0 Å². The third-order valence-electron chi connectivity index (χ3n) is 2.73. The van der Waals surface area contributed by atoms with Crippen LogP contribution in [0.1, 0.15) is 32.8 Å². The van der Waals surface area contributed by atoms with Crippen molar-refractivity contribution in [3.05, 3.63) is 34.6 Å². The van der Waals surface area contributed by atoms with E-state index >= 15 is 0 Å². The Morgan fingerprint density at radius 1 is 1.35 bits per heavy atom. The Morgan fingerprint density at radius 2 is 2.06 bits per heavy atom. The average molecular weight is 258 g/mol. The van der Waals surface area contributed by atoms with E-state index < -0.39 is 0 Å². The molecule has 3 heteroatoms. The van der Waals surface area contributed by atoms with Crippen LogP contribution in [0.25, 0.3) is 0 Å². The molecular formula is C14H21ClFN. The lowest BCUT2D eigenvalue weighted by atomic mass is 9.97. The Labute approximate surface area is 108 Å². The number of benzene rings is 1. The minimum atomic E-state index is -0.204. The number of nitrogens with one attached hydrogen (secondary N) is 1. The molecule has 0 aromatic heterocycles. The van der Waals surface area contributed by atoms with E-state index in [1.807, 2.05) is 0 Å². The van der Waals surface area contributed by atoms with E-state index in [0.717, 1.165) is 24.9 Å². The van der Waals surface area contributed by atoms with Crippen LogP contribution in [0.2, 0.25) is 5.02 Å². The largest absolute Gasteiger partial charge is 0.314 e. The van der Waals surface area contributed by atoms with Crippen LogP contribution in [0.15, 0.2) is 18.2 Å². The van der Waals surface area contributed by atoms with Crippen LogP contribution in [0.4, 0.5) is 4.39 Å². The second-order valence-corrected chi connectivity index (χ2v) is 5.26. The molecule has 1 atom stereocenters. The molecule has 0 aliphatic carbocycles. The Kier molecular flexibility index (Phi) is 5.93. The third-order valence-corrected chi connectivity index (χ3v) is 2.97. The SMILES string of the molecule is CCNC(Cc1ccc(Cl)cc1F)CC(C)C. The lowest BCUT2D eigenvalue weighted by Gasteiger charge is -2.20. The fourth-order valence-electron chi connectivity index (χ4n) is 2.05. The van der Waals surface area contributed by atoms with Crippen molar-refractivity contribution in [2.45, 2.75) is 39.7 Å². The van der Waals surface area contributed by atoms with E-state index in [9.17, 15) is 4.39 Å². The highest BCUT2D eigenvalue weighted by molar-refractivity contribution is 6.30. The molecule has 0 radical (unpaired) electrons. The number of hydrogen-bond donors (Lipinski definition) is 1. The Bertz CT molecular complexity index is 352. The molecule has 0 fully saturated rings. The van der Waals surface area contributed by atoms with Gasteiger partial charge in [-0.1, -0.05) is 38.4 Å². The molecule has 1 N–H and O–H groups in total. The van der Waals surface area contributed by atoms with Gasteiger partial charge in [0.2, 0.25) is 0 Å². The van der Waals surface area contributed by atoms with Crippen molar-refractivity contribution in [3.8, 4) is 0 Å². The van der Waals surface area contributed by atoms with E-state index in [1.54, 1.807) is 12.1 Å². The number of hydrogen-bond acceptors (Lipinski definition) is 1. The van der Waals surface area contributed by atoms with Gasteiger partial charge in [-0.15, -0.1) is 0 Å². The maximum atomic E-state index is 13.7. The maximum Gasteiger partial charge on any atom is 0.127 e. The minimum Gasteiger partial charge on any atom is -0.314 e. The summed E-state index contributed by atoms with van der Waals surface area (Å²) in [4.78, 5) is 0. The van der Waals surface area contributed by atoms with Crippen molar-refractivity contribution < 1.29 is 4.39 Å². The lowest BCUT2D eigenvalue weighted by Crippen LogP contribution is -2.32. The first kappa shape index (κ1) is 14.5. The van der Waals surface area contributed by atoms with Gasteiger partial charge < -0.3 is 5.32 Å². The topological polar surface area (TPSA) is 12.0 Å². The zero-order chi connectivity index (χ0) is 12.8. The predicted octanol–water partition coefficient (Wildman–Crippen LogP) is 4.05. The summed E-state index contributed by atoms with van der Waals surface area (Å²) in [7, 11) is 0. The monoisotopic (exact) mass is 257 g/mol. The molecule has 0 bridgehead atoms. The number of rotatable bonds is 6. The van der Waals surface area contributed by atoms with Crippen molar-refractivity contribution in [2.24, 2.45) is 5.92 Å². The molecule has 1 nitrogen and oxygen atoms in total. The van der Waals surface area contributed by atoms with E-state index in [0.29, 0.717) is 17.0 Å². The number of halogens is 2. The second-order valence-electron chi connectivity index (χ2n) is 4.82. The third kappa shape index (κ3) is 5.05. The summed E-state index contributed by atoms with van der Waals surface area (Å²) in [6, 6.07) is 5.24. The molecule has 0 amide bonds. The summed E-state index contributed by atoms with van der Waals surface area (Å²) in [6.45, 7) is 7.35. The van der Waals surface area contributed by atoms with Crippen molar-refractivity contribution >= 4 is 11.6 Å². The smallest absolute Gasteiger partial charge is 0.127 e. The molecule has 17 heavy (non-hydrogen) atoms. The predicted molar refractivity (Wildman–Crippen MR) is 72.0 cm³/mol. The number of likely N-dealkylation sites (N-methyl/N-ethyl adjacent to an activating group) is 1. The molecule has 1 unspecified atom stereocenters. The van der Waals surface area contributed by atoms with Gasteiger partial charge in [0.15, 0.2) is 0 Å². The first-order valence-electron chi connectivity index (χ1n) is 6.20. The summed E-state index contributed by atoms with van der Waals surface area (Å²) in [5.41, 5.74) is 0.737. The molecule has 0 saturated heterocycles. The van der Waals surface area contributed by atoms with E-state index in [-0.39, 0.29) is 5.82 Å². The van der Waals surface area contributed by atoms with Gasteiger partial charge in [-0.3, -0.25) is 0 Å². The van der Waals surface area contributed by atoms with Crippen LogP contribution in [-0.4, -0.2) is 12.6 Å². The van der Waals surface area contributed by atoms with Gasteiger partial charge in [-0.05, 0) is 43.0 Å². The van der Waals surface area contributed by atoms with Gasteiger partial charge in [0.05, 0.1) is 0 Å². The van der Waals surface area contributed by atoms with Gasteiger partial charge >= 0.3 is 0 Å². The molecule has 1 aromatic carbocycles. The molecule has 1 aromatic rings. The van der Waals surface area contributed by atoms with Crippen LogP contribution in [0.5, 0.6) is 0 Å². The Morgan fingerprint density at radius 3 is 2.59 bits per heavy atom. The quantitative estimate of drug-likeness (QED) is 0.811. The van der Waals surface area contributed by atoms with Gasteiger partial charge in [0.1, 0.15) is 5.82 Å². The summed E-state index contributed by atoms with van der Waals surface area (Å²) < 4.78 is 13.7. The molecule has 0 spiro atoms. The molecule has 0 saturated carbocycles. The van der Waals surface area contributed by atoms with Crippen LogP contribution >= 0.6 is 11.6 Å². The molecule has 0 aliphatic heterocycles. The summed E-state index contributed by atoms with van der Waals surface area (Å²) in [6.07, 6.45) is 1.77. The standard InChI is InChI=1S/C14H21ClFN/c1-4-17-13(7-10(2)3)8-11-5-6-12(15)9-14(11)16/h5-6,9-10,13,17H,4,7-8H2,1-3H3. The molecular weight excluding hydrogens is 237 g/mol. The van der Waals surface area contributed by atoms with Crippen LogP contribution in [0.3, 0.4) is 0 Å². The summed E-state index contributed by atoms with van der Waals surface area (Å²) in [5, 5.41) is 3.86. The zero-order valence-corrected chi connectivity index (χ0v) is 11.5. The van der Waals surface area contributed by atoms with Gasteiger partial charge in [-0.2, -0.15) is 0 Å². The van der Waals surface area contributed by atoms with Gasteiger partial charge in [0, 0.05) is 11.1 Å². The molecule has 0 heterocycles. The fraction of sp³-hybridized carbons (Fsp3) is 0.571. The first-order valence-corrected chi connectivity index (χ1v) is 6.58. The molecule has 1 rings (SSSR count). The highest BCUT2D eigenvalue weighted by atomic mass is 35.5. The highest BCUT2D eigenvalue weighted by Gasteiger charge is 2.13. The molecule has 96 valence electrons. The van der Waals surface area contributed by atoms with E-state index in [2.05, 4.69) is 26.1 Å². The van der Waals surface area contributed by atoms with Crippen LogP contribution < -0.4 is 5.32 Å². The van der Waals surface area contributed by atoms with Crippen molar-refractivity contribution in [2.75, 3.05) is 6.54 Å². The fourth-order valence-corrected chi connectivity index (χ4v) is 2.21. The van der Waals surface area contributed by atoms with E-state index in [1.165, 1.54) is 6.07 Å². The normalized spacial score (nSPS) is 13.1. The Balaban J connectivity index is 2.71. The molecule has 0 aliphatic rings. The first-order chi connectivity index (χ1) is 8.02. The van der Waals surface area contributed by atoms with Gasteiger partial charge in [-0.25, -0.2) is 4.39 Å². The second kappa shape index (κ2) is 6.97. The van der Waals surface area contributed by atoms with Crippen molar-refractivity contribution in [3.63, 3.8) is 0 Å². The lowest BCUT2D eigenvalue weighted by molar-refractivity contribution is 0.418. The minimum absolute atomic E-state index is 0.204. The zero-order valence-electron chi connectivity index (χ0n) is 10.8. The van der Waals surface area contributed by atoms with Crippen LogP contribution in [-0.2, 0) is 6.42 Å². The highest BCUT2D eigenvalue weighted by Crippen LogP contribution is 2.18. The Hall–Kier alpha value is -0.600. The van der Waals surface area contributed by atoms with Crippen molar-refractivity contribution in [1.82, 2.24) is 5.32 Å². The summed E-state index contributed by atoms with van der Waals surface area (Å²) >= 11 is 5.74. The summed E-state index contributed by atoms with van der Waals surface area (Å²) in [5.74, 6) is 0.401. The average Bonchev–Trinajstić information content (AvgIpc) is 2.21. The van der Waals surface area contributed by atoms with Crippen LogP contribution in [0, 0.1) is 11.7 Å². The maximum absolute atomic E-state index is 13.7. The van der Waals surface area contributed by atoms with E-state index in [4.69, 9.17) is 11.6 Å². The van der Waals surface area contributed by atoms with Crippen molar-refractivity contribution in [1.29, 1.82) is 0 Å².